The van der Waals surface area contributed by atoms with Gasteiger partial charge < -0.3 is 19.5 Å². The number of pyridine rings is 1. The van der Waals surface area contributed by atoms with Crippen molar-refractivity contribution >= 4 is 17.4 Å². The summed E-state index contributed by atoms with van der Waals surface area (Å²) in [5.41, 5.74) is 0.296. The zero-order valence-electron chi connectivity index (χ0n) is 17.7. The summed E-state index contributed by atoms with van der Waals surface area (Å²) in [5, 5.41) is 11.1. The smallest absolute Gasteiger partial charge is 0.295 e. The van der Waals surface area contributed by atoms with E-state index in [0.29, 0.717) is 25.5 Å². The number of ether oxygens (including phenoxy) is 2. The molecule has 2 aliphatic rings. The first-order chi connectivity index (χ1) is 15.5. The number of hydrogen-bond acceptors (Lipinski definition) is 7. The Kier molecular flexibility index (Phi) is 6.48. The Labute approximate surface area is 184 Å². The third kappa shape index (κ3) is 4.21. The molecule has 8 nitrogen and oxygen atoms in total. The van der Waals surface area contributed by atoms with Crippen LogP contribution in [0.1, 0.15) is 17.3 Å². The van der Waals surface area contributed by atoms with Crippen LogP contribution in [0.25, 0.3) is 5.76 Å². The molecule has 1 atom stereocenters. The third-order valence-corrected chi connectivity index (χ3v) is 5.69. The Morgan fingerprint density at radius 1 is 1.22 bits per heavy atom. The molecule has 0 radical (unpaired) electrons. The maximum absolute atomic E-state index is 13.9. The number of likely N-dealkylation sites (tertiary alicyclic amines) is 1. The number of Topliss-reactive ketones (excluding diaryl/α,β-unsaturated/α-hetero) is 1. The molecule has 2 fully saturated rings. The summed E-state index contributed by atoms with van der Waals surface area (Å²) in [6.45, 7) is 3.51. The Hall–Kier alpha value is -3.30. The van der Waals surface area contributed by atoms with Gasteiger partial charge in [0.15, 0.2) is 0 Å². The van der Waals surface area contributed by atoms with Crippen molar-refractivity contribution < 1.29 is 28.6 Å². The molecule has 0 unspecified atom stereocenters. The first kappa shape index (κ1) is 21.9. The average molecular weight is 441 g/mol. The molecule has 1 aromatic heterocycles. The van der Waals surface area contributed by atoms with Crippen molar-refractivity contribution in [2.24, 2.45) is 0 Å². The number of aromatic nitrogens is 1. The van der Waals surface area contributed by atoms with E-state index in [2.05, 4.69) is 9.88 Å². The fourth-order valence-electron chi connectivity index (χ4n) is 4.04. The number of nitrogens with zero attached hydrogens (tertiary/aromatic N) is 3. The van der Waals surface area contributed by atoms with Gasteiger partial charge in [-0.2, -0.15) is 0 Å². The highest BCUT2D eigenvalue weighted by Gasteiger charge is 2.47. The van der Waals surface area contributed by atoms with Gasteiger partial charge in [-0.1, -0.05) is 6.07 Å². The van der Waals surface area contributed by atoms with E-state index >= 15 is 0 Å². The quantitative estimate of drug-likeness (QED) is 0.416. The Balaban J connectivity index is 1.76. The second kappa shape index (κ2) is 9.46. The minimum Gasteiger partial charge on any atom is -0.507 e. The van der Waals surface area contributed by atoms with Gasteiger partial charge in [-0.05, 0) is 30.3 Å². The lowest BCUT2D eigenvalue weighted by Gasteiger charge is -2.30. The van der Waals surface area contributed by atoms with Crippen LogP contribution in [-0.4, -0.2) is 78.1 Å². The molecule has 1 aromatic carbocycles. The Morgan fingerprint density at radius 3 is 2.69 bits per heavy atom. The number of hydrogen-bond donors (Lipinski definition) is 1. The van der Waals surface area contributed by atoms with Crippen molar-refractivity contribution in [3.63, 3.8) is 0 Å². The molecule has 168 valence electrons. The van der Waals surface area contributed by atoms with Crippen LogP contribution in [0.2, 0.25) is 0 Å². The van der Waals surface area contributed by atoms with Crippen molar-refractivity contribution in [2.75, 3.05) is 46.5 Å². The number of carbonyl (C=O) groups is 2. The van der Waals surface area contributed by atoms with Gasteiger partial charge in [0.25, 0.3) is 11.7 Å². The summed E-state index contributed by atoms with van der Waals surface area (Å²) in [5.74, 6) is -2.49. The number of morpholine rings is 1. The lowest BCUT2D eigenvalue weighted by molar-refractivity contribution is -0.140. The molecule has 4 rings (SSSR count). The standard InChI is InChI=1S/C23H24FN3O5/c1-31-18-6-5-15(24)14-16(18)21(28)19-20(17-4-2-3-7-25-17)27(23(30)22(19)29)9-8-26-10-12-32-13-11-26/h2-7,14,20,28H,8-13H2,1H3/t20-/m0/s1. The molecule has 0 spiro atoms. The van der Waals surface area contributed by atoms with Crippen LogP contribution in [0.15, 0.2) is 48.2 Å². The molecule has 9 heteroatoms. The minimum absolute atomic E-state index is 0.000361. The van der Waals surface area contributed by atoms with E-state index in [9.17, 15) is 19.1 Å². The van der Waals surface area contributed by atoms with Crippen molar-refractivity contribution in [2.45, 2.75) is 6.04 Å². The second-order valence-electron chi connectivity index (χ2n) is 7.55. The predicted molar refractivity (Wildman–Crippen MR) is 113 cm³/mol. The van der Waals surface area contributed by atoms with Gasteiger partial charge in [-0.3, -0.25) is 19.5 Å². The fourth-order valence-corrected chi connectivity index (χ4v) is 4.04. The second-order valence-corrected chi connectivity index (χ2v) is 7.55. The van der Waals surface area contributed by atoms with Crippen LogP contribution in [0.4, 0.5) is 4.39 Å². The number of aliphatic hydroxyl groups is 1. The molecule has 32 heavy (non-hydrogen) atoms. The predicted octanol–water partition coefficient (Wildman–Crippen LogP) is 1.98. The number of benzene rings is 1. The van der Waals surface area contributed by atoms with Crippen LogP contribution in [-0.2, 0) is 14.3 Å². The van der Waals surface area contributed by atoms with Crippen LogP contribution in [0.5, 0.6) is 5.75 Å². The monoisotopic (exact) mass is 441 g/mol. The molecule has 2 saturated heterocycles. The zero-order valence-corrected chi connectivity index (χ0v) is 17.7. The SMILES string of the molecule is COc1ccc(F)cc1C(O)=C1C(=O)C(=O)N(CCN2CCOCC2)[C@H]1c1ccccn1. The van der Waals surface area contributed by atoms with E-state index in [1.54, 1.807) is 24.4 Å². The molecule has 1 N–H and O–H groups in total. The average Bonchev–Trinajstić information content (AvgIpc) is 3.08. The number of methoxy groups -OCH3 is 1. The third-order valence-electron chi connectivity index (χ3n) is 5.69. The van der Waals surface area contributed by atoms with Crippen molar-refractivity contribution in [1.82, 2.24) is 14.8 Å². The molecule has 2 aromatic rings. The highest BCUT2D eigenvalue weighted by atomic mass is 19.1. The summed E-state index contributed by atoms with van der Waals surface area (Å²) >= 11 is 0. The Bertz CT molecular complexity index is 1040. The zero-order chi connectivity index (χ0) is 22.7. The summed E-state index contributed by atoms with van der Waals surface area (Å²) < 4.78 is 24.5. The van der Waals surface area contributed by atoms with E-state index < -0.39 is 29.3 Å². The van der Waals surface area contributed by atoms with Crippen molar-refractivity contribution in [3.05, 3.63) is 65.2 Å². The van der Waals surface area contributed by atoms with E-state index in [1.165, 1.54) is 24.1 Å². The van der Waals surface area contributed by atoms with Crippen LogP contribution >= 0.6 is 0 Å². The van der Waals surface area contributed by atoms with E-state index in [1.807, 2.05) is 0 Å². The highest BCUT2D eigenvalue weighted by molar-refractivity contribution is 6.46. The molecule has 0 aliphatic carbocycles. The van der Waals surface area contributed by atoms with Gasteiger partial charge in [0.05, 0.1) is 37.2 Å². The van der Waals surface area contributed by atoms with Crippen LogP contribution in [0, 0.1) is 5.82 Å². The van der Waals surface area contributed by atoms with Crippen molar-refractivity contribution in [3.8, 4) is 5.75 Å². The number of aliphatic hydroxyl groups excluding tert-OH is 1. The molecular formula is C23H24FN3O5. The first-order valence-corrected chi connectivity index (χ1v) is 10.3. The van der Waals surface area contributed by atoms with Gasteiger partial charge in [0.2, 0.25) is 0 Å². The van der Waals surface area contributed by atoms with Gasteiger partial charge in [-0.25, -0.2) is 4.39 Å². The highest BCUT2D eigenvalue weighted by Crippen LogP contribution is 2.40. The maximum Gasteiger partial charge on any atom is 0.295 e. The normalized spacial score (nSPS) is 21.2. The molecule has 0 bridgehead atoms. The lowest BCUT2D eigenvalue weighted by Crippen LogP contribution is -2.42. The van der Waals surface area contributed by atoms with Gasteiger partial charge in [0, 0.05) is 32.4 Å². The molecule has 0 saturated carbocycles. The molecule has 1 amide bonds. The summed E-state index contributed by atoms with van der Waals surface area (Å²) in [6, 6.07) is 7.87. The summed E-state index contributed by atoms with van der Waals surface area (Å²) in [7, 11) is 1.38. The van der Waals surface area contributed by atoms with Gasteiger partial charge >= 0.3 is 0 Å². The van der Waals surface area contributed by atoms with Crippen LogP contribution < -0.4 is 4.74 Å². The van der Waals surface area contributed by atoms with Crippen LogP contribution in [0.3, 0.4) is 0 Å². The number of halogens is 1. The fraction of sp³-hybridized carbons (Fsp3) is 0.348. The lowest BCUT2D eigenvalue weighted by atomic mass is 9.97. The number of amides is 1. The number of ketones is 1. The van der Waals surface area contributed by atoms with Crippen molar-refractivity contribution in [1.29, 1.82) is 0 Å². The van der Waals surface area contributed by atoms with Gasteiger partial charge in [-0.15, -0.1) is 0 Å². The minimum atomic E-state index is -0.898. The molecule has 2 aliphatic heterocycles. The number of carbonyl (C=O) groups excluding carboxylic acids is 2. The van der Waals surface area contributed by atoms with E-state index in [-0.39, 0.29) is 23.4 Å². The van der Waals surface area contributed by atoms with E-state index in [0.717, 1.165) is 19.2 Å². The van der Waals surface area contributed by atoms with Gasteiger partial charge in [0.1, 0.15) is 23.4 Å². The number of rotatable bonds is 6. The molecular weight excluding hydrogens is 417 g/mol. The summed E-state index contributed by atoms with van der Waals surface area (Å²) in [6.07, 6.45) is 1.56. The summed E-state index contributed by atoms with van der Waals surface area (Å²) in [4.78, 5) is 33.9. The first-order valence-electron chi connectivity index (χ1n) is 10.3. The maximum atomic E-state index is 13.9. The Morgan fingerprint density at radius 2 is 2.00 bits per heavy atom. The van der Waals surface area contributed by atoms with E-state index in [4.69, 9.17) is 9.47 Å². The topological polar surface area (TPSA) is 92.2 Å². The molecule has 3 heterocycles. The largest absolute Gasteiger partial charge is 0.507 e.